The van der Waals surface area contributed by atoms with Crippen molar-refractivity contribution >= 4 is 45.0 Å². The van der Waals surface area contributed by atoms with Crippen LogP contribution in [0.4, 0.5) is 11.4 Å². The lowest BCUT2D eigenvalue weighted by Gasteiger charge is -2.17. The molecular weight excluding hydrogens is 390 g/mol. The molecule has 8 nitrogen and oxygen atoms in total. The summed E-state index contributed by atoms with van der Waals surface area (Å²) >= 11 is 3.38. The van der Waals surface area contributed by atoms with Crippen molar-refractivity contribution < 1.29 is 14.4 Å². The van der Waals surface area contributed by atoms with Gasteiger partial charge in [0, 0.05) is 22.9 Å². The monoisotopic (exact) mass is 405 g/mol. The molecule has 0 radical (unpaired) electrons. The smallest absolute Gasteiger partial charge is 0.239 e. The molecule has 3 amide bonds. The Morgan fingerprint density at radius 2 is 2.20 bits per heavy atom. The number of anilines is 2. The maximum atomic E-state index is 12.6. The lowest BCUT2D eigenvalue weighted by Crippen LogP contribution is -2.33. The molecular formula is C16H16BrN5O3. The molecule has 1 saturated heterocycles. The van der Waals surface area contributed by atoms with Crippen LogP contribution in [0, 0.1) is 5.92 Å². The topological polar surface area (TPSA) is 110 Å². The summed E-state index contributed by atoms with van der Waals surface area (Å²) in [6.45, 7) is 0.406. The lowest BCUT2D eigenvalue weighted by molar-refractivity contribution is -0.129. The van der Waals surface area contributed by atoms with Gasteiger partial charge in [-0.3, -0.25) is 19.1 Å². The molecule has 2 aromatic rings. The van der Waals surface area contributed by atoms with Crippen molar-refractivity contribution in [1.82, 2.24) is 9.78 Å². The van der Waals surface area contributed by atoms with E-state index < -0.39 is 11.8 Å². The van der Waals surface area contributed by atoms with Gasteiger partial charge in [-0.05, 0) is 24.6 Å². The zero-order valence-corrected chi connectivity index (χ0v) is 14.8. The van der Waals surface area contributed by atoms with Crippen molar-refractivity contribution in [3.05, 3.63) is 41.1 Å². The van der Waals surface area contributed by atoms with E-state index >= 15 is 0 Å². The normalized spacial score (nSPS) is 16.9. The van der Waals surface area contributed by atoms with Gasteiger partial charge >= 0.3 is 0 Å². The third-order valence-corrected chi connectivity index (χ3v) is 4.35. The molecule has 0 spiro atoms. The molecule has 3 rings (SSSR count). The SMILES string of the molecule is NC(=O)Cn1cc(NC(=O)C2CCN(c3cccc(Br)c3)C2=O)cn1. The van der Waals surface area contributed by atoms with Gasteiger partial charge in [-0.1, -0.05) is 22.0 Å². The van der Waals surface area contributed by atoms with Crippen LogP contribution in [0.25, 0.3) is 0 Å². The van der Waals surface area contributed by atoms with Crippen LogP contribution in [0.2, 0.25) is 0 Å². The standard InChI is InChI=1S/C16H16BrN5O3/c17-10-2-1-3-12(6-10)22-5-4-13(16(22)25)15(24)20-11-7-19-21(8-11)9-14(18)23/h1-3,6-8,13H,4-5,9H2,(H2,18,23)(H,20,24). The number of carbonyl (C=O) groups is 3. The van der Waals surface area contributed by atoms with Crippen LogP contribution in [0.5, 0.6) is 0 Å². The number of halogens is 1. The van der Waals surface area contributed by atoms with Gasteiger partial charge in [0.15, 0.2) is 0 Å². The number of carbonyl (C=O) groups excluding carboxylic acids is 3. The largest absolute Gasteiger partial charge is 0.368 e. The highest BCUT2D eigenvalue weighted by Crippen LogP contribution is 2.28. The van der Waals surface area contributed by atoms with Gasteiger partial charge in [0.1, 0.15) is 12.5 Å². The van der Waals surface area contributed by atoms with E-state index in [4.69, 9.17) is 5.73 Å². The van der Waals surface area contributed by atoms with Crippen LogP contribution in [-0.2, 0) is 20.9 Å². The molecule has 1 aromatic carbocycles. The molecule has 1 aliphatic heterocycles. The molecule has 1 aliphatic rings. The first-order chi connectivity index (χ1) is 11.9. The fraction of sp³-hybridized carbons (Fsp3) is 0.250. The Hall–Kier alpha value is -2.68. The highest BCUT2D eigenvalue weighted by atomic mass is 79.9. The first-order valence-corrected chi connectivity index (χ1v) is 8.42. The Bertz CT molecular complexity index is 835. The number of amides is 3. The molecule has 1 fully saturated rings. The number of benzene rings is 1. The second-order valence-electron chi connectivity index (χ2n) is 5.69. The van der Waals surface area contributed by atoms with Gasteiger partial charge in [-0.2, -0.15) is 5.10 Å². The van der Waals surface area contributed by atoms with Gasteiger partial charge < -0.3 is 16.0 Å². The van der Waals surface area contributed by atoms with Crippen LogP contribution < -0.4 is 16.0 Å². The number of primary amides is 1. The molecule has 25 heavy (non-hydrogen) atoms. The Balaban J connectivity index is 1.66. The number of nitrogens with two attached hydrogens (primary N) is 1. The molecule has 9 heteroatoms. The van der Waals surface area contributed by atoms with Gasteiger partial charge in [0.25, 0.3) is 0 Å². The van der Waals surface area contributed by atoms with Crippen molar-refractivity contribution in [3.8, 4) is 0 Å². The first-order valence-electron chi connectivity index (χ1n) is 7.62. The van der Waals surface area contributed by atoms with E-state index in [0.29, 0.717) is 18.7 Å². The Labute approximate surface area is 152 Å². The summed E-state index contributed by atoms with van der Waals surface area (Å²) in [5, 5.41) is 6.59. The molecule has 3 N–H and O–H groups in total. The summed E-state index contributed by atoms with van der Waals surface area (Å²) in [7, 11) is 0. The predicted octanol–water partition coefficient (Wildman–Crippen LogP) is 1.12. The van der Waals surface area contributed by atoms with E-state index in [1.165, 1.54) is 17.1 Å². The number of nitrogens with one attached hydrogen (secondary N) is 1. The summed E-state index contributed by atoms with van der Waals surface area (Å²) < 4.78 is 2.19. The van der Waals surface area contributed by atoms with Crippen molar-refractivity contribution in [2.75, 3.05) is 16.8 Å². The van der Waals surface area contributed by atoms with E-state index in [9.17, 15) is 14.4 Å². The van der Waals surface area contributed by atoms with E-state index in [-0.39, 0.29) is 18.4 Å². The number of hydrogen-bond acceptors (Lipinski definition) is 4. The average molecular weight is 406 g/mol. The second kappa shape index (κ2) is 7.06. The third-order valence-electron chi connectivity index (χ3n) is 3.86. The maximum absolute atomic E-state index is 12.6. The molecule has 1 atom stereocenters. The molecule has 0 bridgehead atoms. The van der Waals surface area contributed by atoms with Crippen LogP contribution in [0.1, 0.15) is 6.42 Å². The third kappa shape index (κ3) is 3.87. The zero-order valence-electron chi connectivity index (χ0n) is 13.2. The maximum Gasteiger partial charge on any atom is 0.239 e. The summed E-state index contributed by atoms with van der Waals surface area (Å²) in [6.07, 6.45) is 3.34. The van der Waals surface area contributed by atoms with E-state index in [1.807, 2.05) is 24.3 Å². The van der Waals surface area contributed by atoms with Gasteiger partial charge in [-0.25, -0.2) is 0 Å². The minimum absolute atomic E-state index is 0.0745. The fourth-order valence-corrected chi connectivity index (χ4v) is 3.11. The number of rotatable bonds is 5. The lowest BCUT2D eigenvalue weighted by atomic mass is 10.1. The molecule has 130 valence electrons. The van der Waals surface area contributed by atoms with Crippen LogP contribution in [0.15, 0.2) is 41.1 Å². The summed E-state index contributed by atoms with van der Waals surface area (Å²) in [6, 6.07) is 7.38. The minimum Gasteiger partial charge on any atom is -0.368 e. The van der Waals surface area contributed by atoms with Crippen LogP contribution in [-0.4, -0.2) is 34.0 Å². The fourth-order valence-electron chi connectivity index (χ4n) is 2.73. The van der Waals surface area contributed by atoms with Crippen LogP contribution in [0.3, 0.4) is 0 Å². The molecule has 0 aliphatic carbocycles. The Morgan fingerprint density at radius 1 is 1.40 bits per heavy atom. The summed E-state index contributed by atoms with van der Waals surface area (Å²) in [5.74, 6) is -1.91. The first kappa shape index (κ1) is 17.2. The second-order valence-corrected chi connectivity index (χ2v) is 6.61. The number of nitrogens with zero attached hydrogens (tertiary/aromatic N) is 3. The highest BCUT2D eigenvalue weighted by molar-refractivity contribution is 9.10. The van der Waals surface area contributed by atoms with Crippen molar-refractivity contribution in [2.24, 2.45) is 11.7 Å². The molecule has 1 unspecified atom stereocenters. The molecule has 1 aromatic heterocycles. The van der Waals surface area contributed by atoms with Crippen molar-refractivity contribution in [3.63, 3.8) is 0 Å². The Morgan fingerprint density at radius 3 is 2.92 bits per heavy atom. The summed E-state index contributed by atoms with van der Waals surface area (Å²) in [5.41, 5.74) is 6.26. The van der Waals surface area contributed by atoms with Gasteiger partial charge in [-0.15, -0.1) is 0 Å². The van der Waals surface area contributed by atoms with E-state index in [0.717, 1.165) is 10.2 Å². The summed E-state index contributed by atoms with van der Waals surface area (Å²) in [4.78, 5) is 37.4. The molecule has 0 saturated carbocycles. The highest BCUT2D eigenvalue weighted by Gasteiger charge is 2.37. The predicted molar refractivity (Wildman–Crippen MR) is 94.7 cm³/mol. The van der Waals surface area contributed by atoms with Gasteiger partial charge in [0.2, 0.25) is 17.7 Å². The van der Waals surface area contributed by atoms with Gasteiger partial charge in [0.05, 0.1) is 11.9 Å². The van der Waals surface area contributed by atoms with E-state index in [2.05, 4.69) is 26.3 Å². The average Bonchev–Trinajstić information content (AvgIpc) is 3.13. The Kier molecular flexibility index (Phi) is 4.84. The molecule has 2 heterocycles. The zero-order chi connectivity index (χ0) is 18.0. The quantitative estimate of drug-likeness (QED) is 0.725. The van der Waals surface area contributed by atoms with Crippen molar-refractivity contribution in [2.45, 2.75) is 13.0 Å². The van der Waals surface area contributed by atoms with E-state index in [1.54, 1.807) is 4.90 Å². The minimum atomic E-state index is -0.751. The number of hydrogen-bond donors (Lipinski definition) is 2. The van der Waals surface area contributed by atoms with Crippen molar-refractivity contribution in [1.29, 1.82) is 0 Å². The number of aromatic nitrogens is 2. The van der Waals surface area contributed by atoms with Crippen LogP contribution >= 0.6 is 15.9 Å².